The van der Waals surface area contributed by atoms with Crippen molar-refractivity contribution in [2.75, 3.05) is 0 Å². The Morgan fingerprint density at radius 1 is 0.489 bits per heavy atom. The van der Waals surface area contributed by atoms with Gasteiger partial charge in [-0.1, -0.05) is 143 Å². The van der Waals surface area contributed by atoms with Gasteiger partial charge in [-0.25, -0.2) is 9.36 Å². The summed E-state index contributed by atoms with van der Waals surface area (Å²) in [6, 6.07) is 4.42. The summed E-state index contributed by atoms with van der Waals surface area (Å²) in [5, 5.41) is 73.0. The molecule has 90 heavy (non-hydrogen) atoms. The first kappa shape index (κ1) is 64.5. The van der Waals surface area contributed by atoms with Crippen LogP contribution in [0.4, 0.5) is 0 Å². The van der Waals surface area contributed by atoms with E-state index in [9.17, 15) is 20.4 Å². The Balaban J connectivity index is 0.656. The van der Waals surface area contributed by atoms with Gasteiger partial charge in [0.15, 0.2) is 0 Å². The van der Waals surface area contributed by atoms with Crippen LogP contribution < -0.4 is 10.6 Å². The number of fused-ring (bicyclic) bond motifs is 14. The molecule has 8 saturated carbocycles. The van der Waals surface area contributed by atoms with Gasteiger partial charge < -0.3 is 31.1 Å². The number of carbonyl (C=O) groups excluding carboxylic acids is 2. The number of allylic oxidation sites excluding steroid dienone is 4. The first-order valence-corrected chi connectivity index (χ1v) is 35.5. The summed E-state index contributed by atoms with van der Waals surface area (Å²) >= 11 is 0. The molecule has 0 spiro atoms. The monoisotopic (exact) mass is 1230 g/mol. The molecule has 0 aliphatic heterocycles. The quantitative estimate of drug-likeness (QED) is 0.106. The van der Waals surface area contributed by atoms with E-state index in [0.717, 1.165) is 112 Å². The van der Waals surface area contributed by atoms with E-state index >= 15 is 9.59 Å². The van der Waals surface area contributed by atoms with E-state index < -0.39 is 23.0 Å². The average molecular weight is 1240 g/mol. The predicted molar refractivity (Wildman–Crippen MR) is 351 cm³/mol. The SMILES string of the molecule is Cc1cc(Cn2cc(CNC(=O)[C@]34CCC(C)(C)CC3C3=CCC5[C@@]6(C)CC[C@H](O)C(C)(C)C6CC[C@@]5(C)[C@]3(C)C[C@H]4O)nn2)c(C)cc1Cn1cc(CNC(=O)[C@]23CCC(C)(C)CC2C2=CCC4[C@@]5(C)CC[C@H](O)C(C)(C)C5CC[C@@]4(C)[C@]2(C)C[C@H]3O)nn1. The standard InChI is InChI=1S/C76H114N8O6/c1-45-33-48(42-84-44-50(80-82-84)40-78-64(90)76-32-30-66(5,6)36-54(76)52-18-20-58-70(12)26-24-60(86)68(9,10)56(70)22-28-72(58,14)74(52,16)38-62(76)88)46(2)34-47(45)41-83-43-49(79-81-83)39-77-63(89)75-31-29-65(3,4)35-53(75)51-17-19-57-69(11)25-23-59(85)67(7,8)55(69)21-27-71(57,13)73(51,15)37-61(75)87/h17-18,33-34,43-44,53-62,85-88H,19-32,35-42H2,1-16H3,(H,77,89)(H,78,90)/t53?,54?,55?,56?,57?,58?,59-,60-,61+,62+,69-,70-,71+,72+,73+,74+,75+,76+/m0/s1. The Hall–Kier alpha value is -4.24. The minimum absolute atomic E-state index is 0.0363. The van der Waals surface area contributed by atoms with Gasteiger partial charge in [-0.2, -0.15) is 0 Å². The van der Waals surface area contributed by atoms with Crippen LogP contribution in [0, 0.1) is 114 Å². The maximum atomic E-state index is 15.1. The number of carbonyl (C=O) groups is 2. The van der Waals surface area contributed by atoms with E-state index in [0.29, 0.717) is 73.8 Å². The number of hydrogen-bond donors (Lipinski definition) is 6. The van der Waals surface area contributed by atoms with Crippen molar-refractivity contribution >= 4 is 11.8 Å². The zero-order valence-electron chi connectivity index (χ0n) is 58.1. The van der Waals surface area contributed by atoms with Crippen LogP contribution in [0.25, 0.3) is 0 Å². The molecule has 6 N–H and O–H groups in total. The number of hydrogen-bond acceptors (Lipinski definition) is 10. The number of aliphatic hydroxyl groups is 4. The third kappa shape index (κ3) is 9.20. The van der Waals surface area contributed by atoms with Crippen LogP contribution >= 0.6 is 0 Å². The average Bonchev–Trinajstić information content (AvgIpc) is 0.745. The molecule has 14 nitrogen and oxygen atoms in total. The van der Waals surface area contributed by atoms with E-state index in [-0.39, 0.29) is 103 Å². The van der Waals surface area contributed by atoms with Crippen molar-refractivity contribution < 1.29 is 30.0 Å². The second-order valence-corrected chi connectivity index (χ2v) is 36.6. The molecular weight excluding hydrogens is 1120 g/mol. The Morgan fingerprint density at radius 2 is 0.867 bits per heavy atom. The number of aromatic nitrogens is 6. The summed E-state index contributed by atoms with van der Waals surface area (Å²) in [4.78, 5) is 30.2. The lowest BCUT2D eigenvalue weighted by molar-refractivity contribution is -0.215. The molecule has 0 saturated heterocycles. The molecule has 2 heterocycles. The summed E-state index contributed by atoms with van der Waals surface area (Å²) in [5.41, 5.74) is 6.21. The molecule has 13 rings (SSSR count). The third-order valence-corrected chi connectivity index (χ3v) is 30.7. The molecule has 0 bridgehead atoms. The van der Waals surface area contributed by atoms with Crippen LogP contribution in [0.2, 0.25) is 0 Å². The molecule has 2 aromatic heterocycles. The molecule has 10 aliphatic rings. The van der Waals surface area contributed by atoms with Gasteiger partial charge in [-0.3, -0.25) is 9.59 Å². The van der Waals surface area contributed by atoms with E-state index in [1.165, 1.54) is 11.1 Å². The number of nitrogens with one attached hydrogen (secondary N) is 2. The molecule has 2 amide bonds. The van der Waals surface area contributed by atoms with Crippen LogP contribution in [0.15, 0.2) is 47.8 Å². The summed E-state index contributed by atoms with van der Waals surface area (Å²) in [6.07, 6.45) is 22.8. The molecule has 14 heteroatoms. The molecule has 10 aliphatic carbocycles. The van der Waals surface area contributed by atoms with Crippen molar-refractivity contribution in [3.63, 3.8) is 0 Å². The van der Waals surface area contributed by atoms with Crippen LogP contribution in [0.1, 0.15) is 246 Å². The molecular formula is C76H114N8O6. The second-order valence-electron chi connectivity index (χ2n) is 36.6. The van der Waals surface area contributed by atoms with Gasteiger partial charge in [-0.15, -0.1) is 10.2 Å². The van der Waals surface area contributed by atoms with Crippen molar-refractivity contribution in [1.82, 2.24) is 40.6 Å². The number of rotatable bonds is 10. The van der Waals surface area contributed by atoms with Crippen molar-refractivity contribution in [3.8, 4) is 0 Å². The predicted octanol–water partition coefficient (Wildman–Crippen LogP) is 13.1. The smallest absolute Gasteiger partial charge is 0.229 e. The number of amides is 2. The molecule has 0 radical (unpaired) electrons. The van der Waals surface area contributed by atoms with Crippen molar-refractivity contribution in [1.29, 1.82) is 0 Å². The summed E-state index contributed by atoms with van der Waals surface area (Å²) in [6.45, 7) is 39.2. The van der Waals surface area contributed by atoms with Gasteiger partial charge in [0.2, 0.25) is 11.8 Å². The van der Waals surface area contributed by atoms with Crippen LogP contribution in [0.3, 0.4) is 0 Å². The summed E-state index contributed by atoms with van der Waals surface area (Å²) < 4.78 is 3.69. The number of nitrogens with zero attached hydrogens (tertiary/aromatic N) is 6. The fraction of sp³-hybridized carbons (Fsp3) is 0.789. The van der Waals surface area contributed by atoms with E-state index in [2.05, 4.69) is 166 Å². The first-order chi connectivity index (χ1) is 42.0. The van der Waals surface area contributed by atoms with Gasteiger partial charge in [0.25, 0.3) is 0 Å². The molecule has 8 fully saturated rings. The maximum Gasteiger partial charge on any atom is 0.229 e. The first-order valence-electron chi connectivity index (χ1n) is 35.5. The van der Waals surface area contributed by atoms with Crippen molar-refractivity contribution in [2.45, 2.75) is 277 Å². The number of aliphatic hydroxyl groups excluding tert-OH is 4. The van der Waals surface area contributed by atoms with E-state index in [1.807, 2.05) is 21.8 Å². The molecule has 6 unspecified atom stereocenters. The molecule has 494 valence electrons. The molecule has 1 aromatic carbocycles. The summed E-state index contributed by atoms with van der Waals surface area (Å²) in [5.74, 6) is 1.51. The lowest BCUT2D eigenvalue weighted by Gasteiger charge is -2.71. The molecule has 3 aromatic rings. The lowest BCUT2D eigenvalue weighted by Crippen LogP contribution is -2.68. The van der Waals surface area contributed by atoms with Crippen molar-refractivity contribution in [3.05, 3.63) is 81.5 Å². The largest absolute Gasteiger partial charge is 0.393 e. The Labute approximate surface area is 538 Å². The molecule has 18 atom stereocenters. The highest BCUT2D eigenvalue weighted by atomic mass is 16.3. The van der Waals surface area contributed by atoms with Gasteiger partial charge in [-0.05, 0) is 241 Å². The van der Waals surface area contributed by atoms with E-state index in [4.69, 9.17) is 0 Å². The Kier molecular flexibility index (Phi) is 15.1. The normalized spacial score (nSPS) is 43.4. The number of aryl methyl sites for hydroxylation is 2. The topological polar surface area (TPSA) is 201 Å². The van der Waals surface area contributed by atoms with Gasteiger partial charge in [0.1, 0.15) is 11.4 Å². The number of benzene rings is 1. The zero-order valence-corrected chi connectivity index (χ0v) is 58.1. The minimum Gasteiger partial charge on any atom is -0.393 e. The summed E-state index contributed by atoms with van der Waals surface area (Å²) in [7, 11) is 0. The highest BCUT2D eigenvalue weighted by Gasteiger charge is 2.73. The van der Waals surface area contributed by atoms with Crippen molar-refractivity contribution in [2.24, 2.45) is 100 Å². The minimum atomic E-state index is -0.923. The lowest BCUT2D eigenvalue weighted by atomic mass is 9.33. The maximum absolute atomic E-state index is 15.1. The van der Waals surface area contributed by atoms with E-state index in [1.54, 1.807) is 0 Å². The highest BCUT2D eigenvalue weighted by molar-refractivity contribution is 5.85. The zero-order chi connectivity index (χ0) is 64.7. The second kappa shape index (κ2) is 21.1. The van der Waals surface area contributed by atoms with Gasteiger partial charge in [0.05, 0.1) is 73.8 Å². The highest BCUT2D eigenvalue weighted by Crippen LogP contribution is 2.78. The fourth-order valence-electron chi connectivity index (χ4n) is 24.8. The Bertz CT molecular complexity index is 3190. The third-order valence-electron chi connectivity index (χ3n) is 30.7. The van der Waals surface area contributed by atoms with Gasteiger partial charge >= 0.3 is 0 Å². The van der Waals surface area contributed by atoms with Crippen LogP contribution in [-0.2, 0) is 35.8 Å². The fourth-order valence-corrected chi connectivity index (χ4v) is 24.8. The Morgan fingerprint density at radius 3 is 1.24 bits per heavy atom. The van der Waals surface area contributed by atoms with Gasteiger partial charge in [0, 0.05) is 0 Å². The van der Waals surface area contributed by atoms with Crippen LogP contribution in [0.5, 0.6) is 0 Å². The van der Waals surface area contributed by atoms with Crippen LogP contribution in [-0.4, -0.2) is 86.6 Å².